The van der Waals surface area contributed by atoms with E-state index in [1.165, 1.54) is 5.56 Å². The number of fused-ring (bicyclic) bond motifs is 3. The molecule has 3 saturated heterocycles. The van der Waals surface area contributed by atoms with Crippen molar-refractivity contribution in [2.75, 3.05) is 25.0 Å². The molecule has 4 aromatic rings. The average Bonchev–Trinajstić information content (AvgIpc) is 3.49. The van der Waals surface area contributed by atoms with Crippen LogP contribution in [0, 0.1) is 12.8 Å². The summed E-state index contributed by atoms with van der Waals surface area (Å²) in [6, 6.07) is 27.1. The van der Waals surface area contributed by atoms with Crippen molar-refractivity contribution in [1.29, 1.82) is 0 Å². The van der Waals surface area contributed by atoms with E-state index in [1.807, 2.05) is 84.9 Å². The number of carbonyl (C=O) groups excluding carboxylic acids is 2. The molecule has 0 unspecified atom stereocenters. The Morgan fingerprint density at radius 2 is 1.60 bits per heavy atom. The quantitative estimate of drug-likeness (QED) is 0.219. The maximum absolute atomic E-state index is 13.6. The van der Waals surface area contributed by atoms with Crippen LogP contribution in [0.15, 0.2) is 89.5 Å². The van der Waals surface area contributed by atoms with Crippen molar-refractivity contribution in [3.8, 4) is 11.5 Å². The highest BCUT2D eigenvalue weighted by Crippen LogP contribution is 2.38. The second kappa shape index (κ2) is 13.5. The van der Waals surface area contributed by atoms with Crippen LogP contribution in [0.3, 0.4) is 0 Å². The highest BCUT2D eigenvalue weighted by atomic mass is 19.4. The molecule has 1 N–H and O–H groups in total. The van der Waals surface area contributed by atoms with Gasteiger partial charge in [0.1, 0.15) is 19.1 Å². The number of hydrogen-bond acceptors (Lipinski definition) is 8. The number of carbonyl (C=O) groups is 2. The van der Waals surface area contributed by atoms with E-state index in [9.17, 15) is 18.0 Å². The number of halogens is 3. The van der Waals surface area contributed by atoms with Crippen LogP contribution in [-0.2, 0) is 20.9 Å². The number of aryl methyl sites for hydroxylation is 1. The zero-order valence-corrected chi connectivity index (χ0v) is 24.6. The van der Waals surface area contributed by atoms with E-state index >= 15 is 0 Å². The second-order valence-electron chi connectivity index (χ2n) is 11.5. The predicted octanol–water partition coefficient (Wildman–Crippen LogP) is 4.85. The molecular formula is C33H33F3N4O5. The normalized spacial score (nSPS) is 21.2. The lowest BCUT2D eigenvalue weighted by atomic mass is 9.83. The minimum atomic E-state index is -5.19. The summed E-state index contributed by atoms with van der Waals surface area (Å²) in [7, 11) is 0. The Labute approximate surface area is 258 Å². The predicted molar refractivity (Wildman–Crippen MR) is 156 cm³/mol. The molecule has 3 aliphatic heterocycles. The molecule has 2 bridgehead atoms. The molecule has 0 radical (unpaired) electrons. The molecule has 0 amide bonds. The zero-order valence-electron chi connectivity index (χ0n) is 24.6. The second-order valence-corrected chi connectivity index (χ2v) is 11.5. The number of aromatic nitrogens is 2. The van der Waals surface area contributed by atoms with E-state index in [0.29, 0.717) is 24.2 Å². The Hall–Kier alpha value is -4.71. The molecule has 3 aliphatic rings. The van der Waals surface area contributed by atoms with E-state index in [1.54, 1.807) is 0 Å². The Bertz CT molecular complexity index is 1570. The largest absolute Gasteiger partial charge is 0.542 e. The van der Waals surface area contributed by atoms with Gasteiger partial charge in [0.05, 0.1) is 13.1 Å². The fraction of sp³-hybridized carbons (Fsp3) is 0.333. The number of carboxylic acid groups (broad SMARTS) is 1. The zero-order chi connectivity index (χ0) is 32.0. The number of benzene rings is 3. The third-order valence-electron chi connectivity index (χ3n) is 8.24. The molecule has 9 nitrogen and oxygen atoms in total. The van der Waals surface area contributed by atoms with Crippen molar-refractivity contribution in [1.82, 2.24) is 10.1 Å². The number of ether oxygens (including phenoxy) is 1. The maximum Gasteiger partial charge on any atom is 0.430 e. The molecule has 0 saturated carbocycles. The van der Waals surface area contributed by atoms with Crippen molar-refractivity contribution < 1.29 is 41.6 Å². The summed E-state index contributed by atoms with van der Waals surface area (Å²) in [6.07, 6.45) is -3.26. The number of rotatable bonds is 8. The van der Waals surface area contributed by atoms with Crippen LogP contribution < -0.4 is 10.4 Å². The Kier molecular flexibility index (Phi) is 9.52. The van der Waals surface area contributed by atoms with Gasteiger partial charge in [-0.25, -0.2) is 4.79 Å². The van der Waals surface area contributed by atoms with Gasteiger partial charge in [0.15, 0.2) is 12.1 Å². The van der Waals surface area contributed by atoms with Gasteiger partial charge in [-0.15, -0.1) is 0 Å². The summed E-state index contributed by atoms with van der Waals surface area (Å²) in [5, 5.41) is 16.5. The van der Waals surface area contributed by atoms with Gasteiger partial charge in [0, 0.05) is 30.0 Å². The van der Waals surface area contributed by atoms with Crippen LogP contribution in [0.5, 0.6) is 0 Å². The van der Waals surface area contributed by atoms with Gasteiger partial charge in [-0.1, -0.05) is 71.4 Å². The van der Waals surface area contributed by atoms with E-state index in [0.717, 1.165) is 53.8 Å². The molecule has 1 aromatic heterocycles. The summed E-state index contributed by atoms with van der Waals surface area (Å²) in [6.45, 7) is 5.59. The maximum atomic E-state index is 13.6. The average molecular weight is 623 g/mol. The smallest absolute Gasteiger partial charge is 0.430 e. The molecular weight excluding hydrogens is 589 g/mol. The fourth-order valence-corrected chi connectivity index (χ4v) is 5.85. The molecule has 45 heavy (non-hydrogen) atoms. The molecule has 0 aliphatic carbocycles. The Balaban J connectivity index is 0.000000515. The van der Waals surface area contributed by atoms with Gasteiger partial charge in [-0.3, -0.25) is 0 Å². The van der Waals surface area contributed by atoms with E-state index in [4.69, 9.17) is 24.1 Å². The van der Waals surface area contributed by atoms with Gasteiger partial charge in [-0.05, 0) is 36.8 Å². The van der Waals surface area contributed by atoms with Crippen LogP contribution in [-0.4, -0.2) is 58.5 Å². The minimum absolute atomic E-state index is 0.128. The number of nitrogens with one attached hydrogen (secondary N) is 1. The molecule has 3 aromatic carbocycles. The number of alkyl halides is 3. The number of piperidine rings is 3. The number of aliphatic carboxylic acids is 1. The van der Waals surface area contributed by atoms with Crippen molar-refractivity contribution in [2.45, 2.75) is 44.6 Å². The van der Waals surface area contributed by atoms with Crippen molar-refractivity contribution in [3.05, 3.63) is 102 Å². The minimum Gasteiger partial charge on any atom is -0.542 e. The SMILES string of the molecule is Cc1ccc(-c2nc(C[N+]34CCC(CC3)[C@@H](OC(=O)[C@H](Nc3ccccc3)c3ccccc3)C4)no2)cc1.O=C([O-])C(F)(F)F. The van der Waals surface area contributed by atoms with E-state index in [-0.39, 0.29) is 12.1 Å². The van der Waals surface area contributed by atoms with Crippen molar-refractivity contribution in [3.63, 3.8) is 0 Å². The summed E-state index contributed by atoms with van der Waals surface area (Å²) in [5.41, 5.74) is 3.90. The number of esters is 1. The molecule has 236 valence electrons. The standard InChI is InChI=1S/C31H33N4O3.C2HF3O2/c1-22-12-14-25(15-13-22)30-33-28(34-38-30)21-35-18-16-23(17-19-35)27(20-35)37-31(36)29(24-8-4-2-5-9-24)32-26-10-6-3-7-11-26;3-2(4,5)1(6)7/h2-15,23,27,29,32H,16-21H2,1H3;(H,6,7)/q+1;/p-1/t23?,27-,29+,35?;/m0./s1. The van der Waals surface area contributed by atoms with Crippen LogP contribution in [0.4, 0.5) is 18.9 Å². The molecule has 7 rings (SSSR count). The summed E-state index contributed by atoms with van der Waals surface area (Å²) in [4.78, 5) is 27.1. The first-order valence-electron chi connectivity index (χ1n) is 14.6. The van der Waals surface area contributed by atoms with Crippen LogP contribution in [0.1, 0.15) is 35.8 Å². The molecule has 12 heteroatoms. The number of anilines is 1. The van der Waals surface area contributed by atoms with Crippen LogP contribution in [0.25, 0.3) is 11.5 Å². The highest BCUT2D eigenvalue weighted by Gasteiger charge is 2.48. The van der Waals surface area contributed by atoms with Crippen molar-refractivity contribution in [2.24, 2.45) is 5.92 Å². The number of nitrogens with zero attached hydrogens (tertiary/aromatic N) is 3. The Morgan fingerprint density at radius 3 is 2.20 bits per heavy atom. The van der Waals surface area contributed by atoms with Gasteiger partial charge in [0.25, 0.3) is 5.89 Å². The lowest BCUT2D eigenvalue weighted by Gasteiger charge is -2.51. The van der Waals surface area contributed by atoms with Gasteiger partial charge < -0.3 is 29.0 Å². The van der Waals surface area contributed by atoms with Gasteiger partial charge >= 0.3 is 12.1 Å². The highest BCUT2D eigenvalue weighted by molar-refractivity contribution is 5.81. The van der Waals surface area contributed by atoms with Crippen LogP contribution >= 0.6 is 0 Å². The lowest BCUT2D eigenvalue weighted by molar-refractivity contribution is -0.958. The first kappa shape index (κ1) is 31.7. The molecule has 2 atom stereocenters. The third kappa shape index (κ3) is 8.07. The lowest BCUT2D eigenvalue weighted by Crippen LogP contribution is -2.64. The molecule has 4 heterocycles. The third-order valence-corrected chi connectivity index (χ3v) is 8.24. The molecule has 3 fully saturated rings. The summed E-state index contributed by atoms with van der Waals surface area (Å²) in [5.74, 6) is -1.60. The topological polar surface area (TPSA) is 117 Å². The first-order chi connectivity index (χ1) is 21.5. The van der Waals surface area contributed by atoms with Gasteiger partial charge in [-0.2, -0.15) is 18.2 Å². The number of para-hydroxylation sites is 1. The number of hydrogen-bond donors (Lipinski definition) is 1. The van der Waals surface area contributed by atoms with E-state index < -0.39 is 18.2 Å². The van der Waals surface area contributed by atoms with E-state index in [2.05, 4.69) is 17.4 Å². The number of carboxylic acids is 1. The molecule has 0 spiro atoms. The van der Waals surface area contributed by atoms with Crippen molar-refractivity contribution >= 4 is 17.6 Å². The first-order valence-corrected chi connectivity index (χ1v) is 14.6. The summed E-state index contributed by atoms with van der Waals surface area (Å²) < 4.78 is 44.3. The van der Waals surface area contributed by atoms with Crippen LogP contribution in [0.2, 0.25) is 0 Å². The fourth-order valence-electron chi connectivity index (χ4n) is 5.85. The Morgan fingerprint density at radius 1 is 1.00 bits per heavy atom. The monoisotopic (exact) mass is 622 g/mol. The summed E-state index contributed by atoms with van der Waals surface area (Å²) >= 11 is 0. The van der Waals surface area contributed by atoms with Gasteiger partial charge in [0.2, 0.25) is 5.82 Å². The number of quaternary nitrogens is 1.